The third-order valence-electron chi connectivity index (χ3n) is 5.36. The van der Waals surface area contributed by atoms with E-state index in [-0.39, 0.29) is 11.9 Å². The molecule has 2 heterocycles. The highest BCUT2D eigenvalue weighted by molar-refractivity contribution is 5.98. The molecule has 1 N–H and O–H groups in total. The van der Waals surface area contributed by atoms with Gasteiger partial charge in [-0.1, -0.05) is 36.4 Å². The number of nitrogens with one attached hydrogen (secondary N) is 1. The molecule has 0 spiro atoms. The van der Waals surface area contributed by atoms with Crippen LogP contribution in [-0.4, -0.2) is 10.9 Å². The van der Waals surface area contributed by atoms with Crippen LogP contribution in [0.3, 0.4) is 0 Å². The minimum Gasteiger partial charge on any atom is -0.433 e. The van der Waals surface area contributed by atoms with Gasteiger partial charge >= 0.3 is 0 Å². The van der Waals surface area contributed by atoms with Crippen LogP contribution in [0.25, 0.3) is 22.0 Å². The summed E-state index contributed by atoms with van der Waals surface area (Å²) in [6, 6.07) is 18.3. The van der Waals surface area contributed by atoms with Crippen molar-refractivity contribution in [3.8, 4) is 0 Å². The summed E-state index contributed by atoms with van der Waals surface area (Å²) >= 11 is 0. The molecule has 0 saturated carbocycles. The summed E-state index contributed by atoms with van der Waals surface area (Å²) in [5, 5.41) is 5.03. The molecule has 4 heteroatoms. The van der Waals surface area contributed by atoms with Crippen molar-refractivity contribution < 1.29 is 9.21 Å². The molecule has 0 bridgehead atoms. The van der Waals surface area contributed by atoms with Gasteiger partial charge in [0.2, 0.25) is 5.71 Å². The molecule has 134 valence electrons. The van der Waals surface area contributed by atoms with Crippen LogP contribution in [0.4, 0.5) is 0 Å². The quantitative estimate of drug-likeness (QED) is 0.544. The molecule has 4 aromatic rings. The van der Waals surface area contributed by atoms with Crippen molar-refractivity contribution in [2.45, 2.75) is 32.2 Å². The molecule has 1 aliphatic rings. The lowest BCUT2D eigenvalue weighted by molar-refractivity contribution is 0.0906. The predicted octanol–water partition coefficient (Wildman–Crippen LogP) is 5.10. The highest BCUT2D eigenvalue weighted by atomic mass is 16.4. The number of furan rings is 1. The van der Waals surface area contributed by atoms with Gasteiger partial charge in [0.15, 0.2) is 5.76 Å². The van der Waals surface area contributed by atoms with Crippen molar-refractivity contribution >= 4 is 27.9 Å². The smallest absolute Gasteiger partial charge is 0.287 e. The highest BCUT2D eigenvalue weighted by Gasteiger charge is 2.23. The summed E-state index contributed by atoms with van der Waals surface area (Å²) in [5.41, 5.74) is 5.07. The molecule has 0 fully saturated rings. The fraction of sp³-hybridized carbons (Fsp3) is 0.217. The number of aromatic nitrogens is 1. The number of amides is 1. The van der Waals surface area contributed by atoms with Gasteiger partial charge < -0.3 is 9.73 Å². The number of carbonyl (C=O) groups is 1. The van der Waals surface area contributed by atoms with Crippen molar-refractivity contribution in [2.75, 3.05) is 0 Å². The summed E-state index contributed by atoms with van der Waals surface area (Å²) in [5.74, 6) is 0.127. The molecular formula is C23H20N2O2. The normalized spacial score (nSPS) is 16.4. The first-order valence-corrected chi connectivity index (χ1v) is 9.37. The molecule has 0 unspecified atom stereocenters. The van der Waals surface area contributed by atoms with Gasteiger partial charge in [-0.2, -0.15) is 0 Å². The molecule has 2 aromatic heterocycles. The van der Waals surface area contributed by atoms with E-state index >= 15 is 0 Å². The van der Waals surface area contributed by atoms with E-state index < -0.39 is 0 Å². The zero-order chi connectivity index (χ0) is 18.4. The van der Waals surface area contributed by atoms with Crippen LogP contribution >= 0.6 is 0 Å². The Kier molecular flexibility index (Phi) is 3.71. The third-order valence-corrected chi connectivity index (χ3v) is 5.36. The molecule has 5 rings (SSSR count). The van der Waals surface area contributed by atoms with Crippen LogP contribution in [0.5, 0.6) is 0 Å². The van der Waals surface area contributed by atoms with Crippen LogP contribution < -0.4 is 5.32 Å². The maximum absolute atomic E-state index is 12.8. The second kappa shape index (κ2) is 6.23. The van der Waals surface area contributed by atoms with Crippen molar-refractivity contribution in [3.05, 3.63) is 77.0 Å². The van der Waals surface area contributed by atoms with Gasteiger partial charge in [-0.05, 0) is 61.1 Å². The minimum atomic E-state index is -0.185. The van der Waals surface area contributed by atoms with Gasteiger partial charge in [-0.25, -0.2) is 4.98 Å². The molecular weight excluding hydrogens is 336 g/mol. The zero-order valence-electron chi connectivity index (χ0n) is 15.2. The summed E-state index contributed by atoms with van der Waals surface area (Å²) in [4.78, 5) is 17.4. The summed E-state index contributed by atoms with van der Waals surface area (Å²) < 4.78 is 5.78. The van der Waals surface area contributed by atoms with Crippen LogP contribution in [0.1, 0.15) is 46.1 Å². The fourth-order valence-electron chi connectivity index (χ4n) is 3.98. The standard InChI is InChI=1S/C23H20N2O2/c1-14-9-10-16-12-17-13-21(27-23(17)25-20(16)11-14)22(26)24-19-8-4-6-15-5-2-3-7-18(15)19/h2-3,5,7,9-13,19H,4,6,8H2,1H3,(H,24,26)/t19-/m0/s1. The Hall–Kier alpha value is -3.14. The first-order chi connectivity index (χ1) is 13.2. The monoisotopic (exact) mass is 356 g/mol. The topological polar surface area (TPSA) is 55.1 Å². The van der Waals surface area contributed by atoms with Crippen molar-refractivity contribution in [2.24, 2.45) is 0 Å². The van der Waals surface area contributed by atoms with Crippen LogP contribution in [0.15, 0.2) is 59.0 Å². The van der Waals surface area contributed by atoms with E-state index in [1.54, 1.807) is 6.07 Å². The maximum Gasteiger partial charge on any atom is 0.287 e. The molecule has 0 radical (unpaired) electrons. The molecule has 2 aromatic carbocycles. The summed E-state index contributed by atoms with van der Waals surface area (Å²) in [6.07, 6.45) is 3.10. The number of pyridine rings is 1. The maximum atomic E-state index is 12.8. The molecule has 0 saturated heterocycles. The lowest BCUT2D eigenvalue weighted by Crippen LogP contribution is -2.30. The summed E-state index contributed by atoms with van der Waals surface area (Å²) in [6.45, 7) is 2.04. The Labute approximate surface area is 157 Å². The fourth-order valence-corrected chi connectivity index (χ4v) is 3.98. The molecule has 27 heavy (non-hydrogen) atoms. The zero-order valence-corrected chi connectivity index (χ0v) is 15.2. The number of benzene rings is 2. The summed E-state index contributed by atoms with van der Waals surface area (Å²) in [7, 11) is 0. The Bertz CT molecular complexity index is 1180. The Morgan fingerprint density at radius 1 is 1.11 bits per heavy atom. The highest BCUT2D eigenvalue weighted by Crippen LogP contribution is 2.30. The average molecular weight is 356 g/mol. The van der Waals surface area contributed by atoms with E-state index in [1.807, 2.05) is 31.2 Å². The molecule has 1 aliphatic carbocycles. The minimum absolute atomic E-state index is 0.0327. The van der Waals surface area contributed by atoms with Crippen molar-refractivity contribution in [1.29, 1.82) is 0 Å². The largest absolute Gasteiger partial charge is 0.433 e. The average Bonchev–Trinajstić information content (AvgIpc) is 3.09. The number of hydrogen-bond donors (Lipinski definition) is 1. The molecule has 4 nitrogen and oxygen atoms in total. The first-order valence-electron chi connectivity index (χ1n) is 9.37. The lowest BCUT2D eigenvalue weighted by Gasteiger charge is -2.25. The van der Waals surface area contributed by atoms with E-state index in [2.05, 4.69) is 34.6 Å². The van der Waals surface area contributed by atoms with Crippen LogP contribution in [0, 0.1) is 6.92 Å². The van der Waals surface area contributed by atoms with Gasteiger partial charge in [0.05, 0.1) is 11.6 Å². The van der Waals surface area contributed by atoms with E-state index in [4.69, 9.17) is 4.42 Å². The molecule has 1 amide bonds. The van der Waals surface area contributed by atoms with Gasteiger partial charge in [-0.3, -0.25) is 4.79 Å². The number of nitrogens with zero attached hydrogens (tertiary/aromatic N) is 1. The number of hydrogen-bond acceptors (Lipinski definition) is 3. The SMILES string of the molecule is Cc1ccc2cc3cc(C(=O)N[C@H]4CCCc5ccccc54)oc3nc2c1. The number of carbonyl (C=O) groups excluding carboxylic acids is 1. The van der Waals surface area contributed by atoms with Crippen molar-refractivity contribution in [3.63, 3.8) is 0 Å². The second-order valence-corrected chi connectivity index (χ2v) is 7.31. The third kappa shape index (κ3) is 2.87. The lowest BCUT2D eigenvalue weighted by atomic mass is 9.88. The van der Waals surface area contributed by atoms with Crippen molar-refractivity contribution in [1.82, 2.24) is 10.3 Å². The number of fused-ring (bicyclic) bond motifs is 3. The number of rotatable bonds is 2. The van der Waals surface area contributed by atoms with E-state index in [1.165, 1.54) is 11.1 Å². The van der Waals surface area contributed by atoms with Gasteiger partial charge in [0.1, 0.15) is 0 Å². The van der Waals surface area contributed by atoms with E-state index in [0.29, 0.717) is 11.5 Å². The van der Waals surface area contributed by atoms with Gasteiger partial charge in [-0.15, -0.1) is 0 Å². The van der Waals surface area contributed by atoms with Gasteiger partial charge in [0.25, 0.3) is 5.91 Å². The van der Waals surface area contributed by atoms with Gasteiger partial charge in [0, 0.05) is 10.8 Å². The van der Waals surface area contributed by atoms with Crippen LogP contribution in [-0.2, 0) is 6.42 Å². The van der Waals surface area contributed by atoms with Crippen LogP contribution in [0.2, 0.25) is 0 Å². The first kappa shape index (κ1) is 16.1. The predicted molar refractivity (Wildman–Crippen MR) is 106 cm³/mol. The Balaban J connectivity index is 1.47. The number of aryl methyl sites for hydroxylation is 2. The second-order valence-electron chi connectivity index (χ2n) is 7.31. The Morgan fingerprint density at radius 3 is 2.93 bits per heavy atom. The van der Waals surface area contributed by atoms with E-state index in [9.17, 15) is 4.79 Å². The van der Waals surface area contributed by atoms with E-state index in [0.717, 1.165) is 41.1 Å². The molecule has 0 aliphatic heterocycles. The Morgan fingerprint density at radius 2 is 2.00 bits per heavy atom. The molecule has 1 atom stereocenters.